The molecule has 0 N–H and O–H groups in total. The number of aromatic nitrogens is 1. The second-order valence-corrected chi connectivity index (χ2v) is 7.43. The second kappa shape index (κ2) is 8.85. The SMILES string of the molecule is CCOCCn1c(=NC(=O)/C=C/c2cccs2)sc2cc([N+](=O)[O-])ccc21. The number of thiophene rings is 1. The number of hydrogen-bond acceptors (Lipinski definition) is 6. The van der Waals surface area contributed by atoms with Crippen molar-refractivity contribution in [2.24, 2.45) is 4.99 Å². The monoisotopic (exact) mass is 403 g/mol. The smallest absolute Gasteiger partial charge is 0.272 e. The fourth-order valence-electron chi connectivity index (χ4n) is 2.45. The van der Waals surface area contributed by atoms with Gasteiger partial charge in [-0.25, -0.2) is 0 Å². The number of nitro groups is 1. The summed E-state index contributed by atoms with van der Waals surface area (Å²) in [7, 11) is 0. The Morgan fingerprint density at radius 1 is 1.41 bits per heavy atom. The quantitative estimate of drug-likeness (QED) is 0.259. The molecule has 2 aromatic heterocycles. The van der Waals surface area contributed by atoms with E-state index in [1.54, 1.807) is 12.1 Å². The number of fused-ring (bicyclic) bond motifs is 1. The Morgan fingerprint density at radius 2 is 2.26 bits per heavy atom. The van der Waals surface area contributed by atoms with E-state index in [2.05, 4.69) is 4.99 Å². The van der Waals surface area contributed by atoms with Gasteiger partial charge < -0.3 is 9.30 Å². The summed E-state index contributed by atoms with van der Waals surface area (Å²) < 4.78 is 7.97. The van der Waals surface area contributed by atoms with E-state index < -0.39 is 4.92 Å². The molecule has 0 saturated heterocycles. The summed E-state index contributed by atoms with van der Waals surface area (Å²) in [6.45, 7) is 3.46. The van der Waals surface area contributed by atoms with Crippen molar-refractivity contribution >= 4 is 50.6 Å². The summed E-state index contributed by atoms with van der Waals surface area (Å²) in [5.41, 5.74) is 0.801. The highest BCUT2D eigenvalue weighted by molar-refractivity contribution is 7.16. The fourth-order valence-corrected chi connectivity index (χ4v) is 4.16. The van der Waals surface area contributed by atoms with Gasteiger partial charge in [0.1, 0.15) is 0 Å². The molecular weight excluding hydrogens is 386 g/mol. The first-order chi connectivity index (χ1) is 13.1. The number of rotatable bonds is 7. The largest absolute Gasteiger partial charge is 0.380 e. The van der Waals surface area contributed by atoms with Crippen molar-refractivity contribution in [2.75, 3.05) is 13.2 Å². The molecule has 0 aliphatic rings. The van der Waals surface area contributed by atoms with Crippen LogP contribution in [0.3, 0.4) is 0 Å². The molecule has 1 aromatic carbocycles. The fraction of sp³-hybridized carbons (Fsp3) is 0.222. The molecule has 0 unspecified atom stereocenters. The first-order valence-electron chi connectivity index (χ1n) is 8.24. The van der Waals surface area contributed by atoms with Crippen molar-refractivity contribution in [1.82, 2.24) is 4.57 Å². The second-order valence-electron chi connectivity index (χ2n) is 5.44. The normalized spacial score (nSPS) is 12.3. The van der Waals surface area contributed by atoms with Crippen LogP contribution in [0, 0.1) is 10.1 Å². The molecule has 3 aromatic rings. The van der Waals surface area contributed by atoms with Crippen LogP contribution < -0.4 is 4.80 Å². The molecule has 0 fully saturated rings. The van der Waals surface area contributed by atoms with Gasteiger partial charge >= 0.3 is 0 Å². The third-order valence-electron chi connectivity index (χ3n) is 3.68. The molecule has 0 saturated carbocycles. The maximum absolute atomic E-state index is 12.2. The molecule has 3 rings (SSSR count). The van der Waals surface area contributed by atoms with E-state index in [0.29, 0.717) is 29.3 Å². The number of thiazole rings is 1. The molecule has 27 heavy (non-hydrogen) atoms. The van der Waals surface area contributed by atoms with Gasteiger partial charge in [-0.05, 0) is 30.5 Å². The third-order valence-corrected chi connectivity index (χ3v) is 5.56. The van der Waals surface area contributed by atoms with Crippen LogP contribution in [-0.2, 0) is 16.1 Å². The van der Waals surface area contributed by atoms with E-state index in [1.165, 1.54) is 40.9 Å². The predicted molar refractivity (Wildman–Crippen MR) is 107 cm³/mol. The van der Waals surface area contributed by atoms with Crippen LogP contribution >= 0.6 is 22.7 Å². The zero-order chi connectivity index (χ0) is 19.2. The van der Waals surface area contributed by atoms with Gasteiger partial charge in [-0.1, -0.05) is 17.4 Å². The number of carbonyl (C=O) groups excluding carboxylic acids is 1. The lowest BCUT2D eigenvalue weighted by atomic mass is 10.3. The highest BCUT2D eigenvalue weighted by Crippen LogP contribution is 2.23. The van der Waals surface area contributed by atoms with Gasteiger partial charge in [0, 0.05) is 36.2 Å². The summed E-state index contributed by atoms with van der Waals surface area (Å²) in [6, 6.07) is 8.46. The molecule has 0 bridgehead atoms. The van der Waals surface area contributed by atoms with Crippen LogP contribution in [0.2, 0.25) is 0 Å². The molecule has 2 heterocycles. The van der Waals surface area contributed by atoms with E-state index in [4.69, 9.17) is 4.74 Å². The van der Waals surface area contributed by atoms with Gasteiger partial charge in [-0.3, -0.25) is 14.9 Å². The molecule has 9 heteroatoms. The van der Waals surface area contributed by atoms with Crippen molar-refractivity contribution in [3.05, 3.63) is 61.6 Å². The number of hydrogen-bond donors (Lipinski definition) is 0. The lowest BCUT2D eigenvalue weighted by Crippen LogP contribution is -2.19. The van der Waals surface area contributed by atoms with E-state index in [1.807, 2.05) is 29.0 Å². The molecular formula is C18H17N3O4S2. The molecule has 0 aliphatic heterocycles. The standard InChI is InChI=1S/C18H17N3O4S2/c1-2-25-10-9-20-15-7-5-13(21(23)24)12-16(15)27-18(20)19-17(22)8-6-14-4-3-11-26-14/h3-8,11-12H,2,9-10H2,1H3/b8-6+,19-18?. The number of non-ortho nitro benzene ring substituents is 1. The molecule has 0 aliphatic carbocycles. The van der Waals surface area contributed by atoms with Crippen molar-refractivity contribution < 1.29 is 14.5 Å². The number of benzene rings is 1. The summed E-state index contributed by atoms with van der Waals surface area (Å²) >= 11 is 2.78. The summed E-state index contributed by atoms with van der Waals surface area (Å²) in [4.78, 5) is 28.5. The zero-order valence-electron chi connectivity index (χ0n) is 14.5. The van der Waals surface area contributed by atoms with Crippen LogP contribution in [0.4, 0.5) is 5.69 Å². The Labute approximate surface area is 163 Å². The lowest BCUT2D eigenvalue weighted by Gasteiger charge is -2.05. The molecule has 7 nitrogen and oxygen atoms in total. The predicted octanol–water partition coefficient (Wildman–Crippen LogP) is 3.85. The Balaban J connectivity index is 1.99. The van der Waals surface area contributed by atoms with Gasteiger partial charge in [0.15, 0.2) is 4.80 Å². The third kappa shape index (κ3) is 4.76. The van der Waals surface area contributed by atoms with Gasteiger partial charge in [0.2, 0.25) is 0 Å². The van der Waals surface area contributed by atoms with Gasteiger partial charge in [0.05, 0.1) is 21.7 Å². The molecule has 140 valence electrons. The lowest BCUT2D eigenvalue weighted by molar-refractivity contribution is -0.384. The number of ether oxygens (including phenoxy) is 1. The van der Waals surface area contributed by atoms with Crippen LogP contribution in [0.15, 0.2) is 46.8 Å². The van der Waals surface area contributed by atoms with Crippen LogP contribution in [0.5, 0.6) is 0 Å². The summed E-state index contributed by atoms with van der Waals surface area (Å²) in [6.07, 6.45) is 3.14. The minimum absolute atomic E-state index is 0.0103. The van der Waals surface area contributed by atoms with E-state index in [9.17, 15) is 14.9 Å². The summed E-state index contributed by atoms with van der Waals surface area (Å²) in [5, 5.41) is 13.0. The first-order valence-corrected chi connectivity index (χ1v) is 9.94. The average Bonchev–Trinajstić information content (AvgIpc) is 3.28. The van der Waals surface area contributed by atoms with Gasteiger partial charge in [-0.15, -0.1) is 11.3 Å². The highest BCUT2D eigenvalue weighted by Gasteiger charge is 2.12. The van der Waals surface area contributed by atoms with Crippen LogP contribution in [0.1, 0.15) is 11.8 Å². The number of nitro benzene ring substituents is 1. The van der Waals surface area contributed by atoms with Gasteiger partial charge in [-0.2, -0.15) is 4.99 Å². The average molecular weight is 403 g/mol. The molecule has 0 atom stereocenters. The van der Waals surface area contributed by atoms with Crippen molar-refractivity contribution in [2.45, 2.75) is 13.5 Å². The minimum Gasteiger partial charge on any atom is -0.380 e. The Kier molecular flexibility index (Phi) is 6.28. The first kappa shape index (κ1) is 19.2. The van der Waals surface area contributed by atoms with Crippen molar-refractivity contribution in [3.8, 4) is 0 Å². The van der Waals surface area contributed by atoms with E-state index >= 15 is 0 Å². The number of nitrogens with zero attached hydrogens (tertiary/aromatic N) is 3. The minimum atomic E-state index is -0.435. The number of carbonyl (C=O) groups is 1. The number of amides is 1. The van der Waals surface area contributed by atoms with Gasteiger partial charge in [0.25, 0.3) is 11.6 Å². The Morgan fingerprint density at radius 3 is 2.96 bits per heavy atom. The van der Waals surface area contributed by atoms with E-state index in [-0.39, 0.29) is 11.6 Å². The van der Waals surface area contributed by atoms with Crippen LogP contribution in [0.25, 0.3) is 16.3 Å². The topological polar surface area (TPSA) is 86.7 Å². The maximum atomic E-state index is 12.2. The van der Waals surface area contributed by atoms with Crippen molar-refractivity contribution in [1.29, 1.82) is 0 Å². The molecule has 1 amide bonds. The van der Waals surface area contributed by atoms with Crippen LogP contribution in [-0.4, -0.2) is 28.6 Å². The van der Waals surface area contributed by atoms with Crippen molar-refractivity contribution in [3.63, 3.8) is 0 Å². The van der Waals surface area contributed by atoms with E-state index in [0.717, 1.165) is 10.4 Å². The Bertz CT molecular complexity index is 1050. The zero-order valence-corrected chi connectivity index (χ0v) is 16.2. The maximum Gasteiger partial charge on any atom is 0.272 e. The highest BCUT2D eigenvalue weighted by atomic mass is 32.1. The summed E-state index contributed by atoms with van der Waals surface area (Å²) in [5.74, 6) is -0.380. The molecule has 0 radical (unpaired) electrons. The molecule has 0 spiro atoms. The Hall–Kier alpha value is -2.62.